The van der Waals surface area contributed by atoms with Crippen LogP contribution in [0.2, 0.25) is 0 Å². The Morgan fingerprint density at radius 2 is 1.92 bits per heavy atom. The molecule has 0 aliphatic carbocycles. The highest BCUT2D eigenvalue weighted by Crippen LogP contribution is 2.42. The van der Waals surface area contributed by atoms with Crippen LogP contribution in [0.5, 0.6) is 0 Å². The zero-order chi connectivity index (χ0) is 16.6. The van der Waals surface area contributed by atoms with E-state index in [1.165, 1.54) is 0 Å². The predicted molar refractivity (Wildman–Crippen MR) is 91.8 cm³/mol. The van der Waals surface area contributed by atoms with Gasteiger partial charge < -0.3 is 14.8 Å². The maximum Gasteiger partial charge on any atom is 0.255 e. The first-order valence-corrected chi connectivity index (χ1v) is 8.49. The summed E-state index contributed by atoms with van der Waals surface area (Å²) in [7, 11) is 0. The fourth-order valence-electron chi connectivity index (χ4n) is 4.00. The zero-order valence-electron chi connectivity index (χ0n) is 13.6. The molecule has 0 bridgehead atoms. The van der Waals surface area contributed by atoms with Crippen molar-refractivity contribution in [1.29, 1.82) is 0 Å². The summed E-state index contributed by atoms with van der Waals surface area (Å²) in [6.45, 7) is 1.98. The van der Waals surface area contributed by atoms with Crippen molar-refractivity contribution in [2.24, 2.45) is 5.41 Å². The molecule has 2 aromatic rings. The van der Waals surface area contributed by atoms with Crippen LogP contribution in [0.4, 0.5) is 5.69 Å². The Labute approximate surface area is 141 Å². The molecule has 2 aliphatic rings. The largest absolute Gasteiger partial charge is 0.367 e. The van der Waals surface area contributed by atoms with Gasteiger partial charge in [0.05, 0.1) is 11.0 Å². The summed E-state index contributed by atoms with van der Waals surface area (Å²) in [5.41, 5.74) is 1.20. The van der Waals surface area contributed by atoms with Crippen LogP contribution < -0.4 is 4.90 Å². The summed E-state index contributed by atoms with van der Waals surface area (Å²) < 4.78 is 0. The predicted octanol–water partition coefficient (Wildman–Crippen LogP) is 2.67. The molecule has 1 N–H and O–H groups in total. The SMILES string of the molecule is O=C(c1cc[nH]c1)N1CCCC2(CCN(c3ccccc3)C2=O)C1. The molecule has 1 spiro atoms. The molecular formula is C19H21N3O2. The first kappa shape index (κ1) is 15.0. The molecule has 1 atom stereocenters. The topological polar surface area (TPSA) is 56.4 Å². The second-order valence-corrected chi connectivity index (χ2v) is 6.75. The van der Waals surface area contributed by atoms with Gasteiger partial charge in [-0.3, -0.25) is 9.59 Å². The van der Waals surface area contributed by atoms with Crippen LogP contribution in [0.25, 0.3) is 0 Å². The molecule has 24 heavy (non-hydrogen) atoms. The summed E-state index contributed by atoms with van der Waals surface area (Å²) in [5.74, 6) is 0.182. The van der Waals surface area contributed by atoms with E-state index in [2.05, 4.69) is 4.98 Å². The smallest absolute Gasteiger partial charge is 0.255 e. The molecule has 0 radical (unpaired) electrons. The molecule has 2 saturated heterocycles. The molecule has 3 heterocycles. The van der Waals surface area contributed by atoms with Gasteiger partial charge >= 0.3 is 0 Å². The van der Waals surface area contributed by atoms with Crippen molar-refractivity contribution >= 4 is 17.5 Å². The standard InChI is InChI=1S/C19H21N3O2/c23-17(15-7-10-20-13-15)21-11-4-8-19(14-21)9-12-22(18(19)24)16-5-2-1-3-6-16/h1-3,5-7,10,13,20H,4,8-9,11-12,14H2. The monoisotopic (exact) mass is 323 g/mol. The lowest BCUT2D eigenvalue weighted by molar-refractivity contribution is -0.127. The number of hydrogen-bond acceptors (Lipinski definition) is 2. The second-order valence-electron chi connectivity index (χ2n) is 6.75. The number of nitrogens with one attached hydrogen (secondary N) is 1. The molecular weight excluding hydrogens is 302 g/mol. The van der Waals surface area contributed by atoms with Gasteiger partial charge in [0.1, 0.15) is 0 Å². The second kappa shape index (κ2) is 5.82. The molecule has 1 unspecified atom stereocenters. The van der Waals surface area contributed by atoms with Crippen molar-refractivity contribution in [2.75, 3.05) is 24.5 Å². The quantitative estimate of drug-likeness (QED) is 0.924. The van der Waals surface area contributed by atoms with E-state index in [9.17, 15) is 9.59 Å². The number of likely N-dealkylation sites (tertiary alicyclic amines) is 1. The Kier molecular flexibility index (Phi) is 3.63. The minimum absolute atomic E-state index is 0.0151. The summed E-state index contributed by atoms with van der Waals surface area (Å²) >= 11 is 0. The number of para-hydroxylation sites is 1. The number of anilines is 1. The van der Waals surface area contributed by atoms with E-state index in [4.69, 9.17) is 0 Å². The maximum absolute atomic E-state index is 13.1. The molecule has 0 saturated carbocycles. The number of aromatic amines is 1. The summed E-state index contributed by atoms with van der Waals surface area (Å²) in [6, 6.07) is 11.6. The van der Waals surface area contributed by atoms with Crippen LogP contribution in [0, 0.1) is 5.41 Å². The van der Waals surface area contributed by atoms with Crippen molar-refractivity contribution in [1.82, 2.24) is 9.88 Å². The summed E-state index contributed by atoms with van der Waals surface area (Å²) in [5, 5.41) is 0. The van der Waals surface area contributed by atoms with Crippen molar-refractivity contribution < 1.29 is 9.59 Å². The third-order valence-corrected chi connectivity index (χ3v) is 5.29. The van der Waals surface area contributed by atoms with E-state index in [0.29, 0.717) is 12.1 Å². The number of amides is 2. The summed E-state index contributed by atoms with van der Waals surface area (Å²) in [6.07, 6.45) is 6.04. The van der Waals surface area contributed by atoms with Crippen molar-refractivity contribution in [3.8, 4) is 0 Å². The molecule has 5 heteroatoms. The normalized spacial score (nSPS) is 23.9. The average Bonchev–Trinajstić information content (AvgIpc) is 3.26. The molecule has 5 nitrogen and oxygen atoms in total. The lowest BCUT2D eigenvalue weighted by Gasteiger charge is -2.39. The highest BCUT2D eigenvalue weighted by Gasteiger charge is 2.50. The highest BCUT2D eigenvalue weighted by molar-refractivity contribution is 6.01. The number of hydrogen-bond donors (Lipinski definition) is 1. The molecule has 2 amide bonds. The van der Waals surface area contributed by atoms with Crippen molar-refractivity contribution in [2.45, 2.75) is 19.3 Å². The number of nitrogens with zero attached hydrogens (tertiary/aromatic N) is 2. The molecule has 124 valence electrons. The maximum atomic E-state index is 13.1. The zero-order valence-corrected chi connectivity index (χ0v) is 13.6. The van der Waals surface area contributed by atoms with Crippen LogP contribution in [-0.2, 0) is 4.79 Å². The van der Waals surface area contributed by atoms with Gasteiger partial charge in [0.15, 0.2) is 0 Å². The number of rotatable bonds is 2. The van der Waals surface area contributed by atoms with Crippen molar-refractivity contribution in [3.63, 3.8) is 0 Å². The molecule has 2 fully saturated rings. The fraction of sp³-hybridized carbons (Fsp3) is 0.368. The minimum atomic E-state index is -0.417. The molecule has 2 aliphatic heterocycles. The van der Waals surface area contributed by atoms with Crippen LogP contribution in [0.15, 0.2) is 48.8 Å². The van der Waals surface area contributed by atoms with Gasteiger partial charge in [-0.1, -0.05) is 18.2 Å². The van der Waals surface area contributed by atoms with Gasteiger partial charge in [-0.25, -0.2) is 0 Å². The van der Waals surface area contributed by atoms with Crippen LogP contribution in [0.3, 0.4) is 0 Å². The number of H-pyrrole nitrogens is 1. The van der Waals surface area contributed by atoms with Gasteiger partial charge in [-0.2, -0.15) is 0 Å². The third kappa shape index (κ3) is 2.40. The van der Waals surface area contributed by atoms with E-state index >= 15 is 0 Å². The minimum Gasteiger partial charge on any atom is -0.367 e. The number of piperidine rings is 1. The van der Waals surface area contributed by atoms with Crippen LogP contribution >= 0.6 is 0 Å². The van der Waals surface area contributed by atoms with Crippen LogP contribution in [0.1, 0.15) is 29.6 Å². The number of benzene rings is 1. The van der Waals surface area contributed by atoms with Gasteiger partial charge in [-0.15, -0.1) is 0 Å². The molecule has 4 rings (SSSR count). The number of carbonyl (C=O) groups is 2. The van der Waals surface area contributed by atoms with E-state index in [1.54, 1.807) is 18.5 Å². The van der Waals surface area contributed by atoms with Gasteiger partial charge in [0, 0.05) is 37.7 Å². The number of aromatic nitrogens is 1. The molecule has 1 aromatic carbocycles. The fourth-order valence-corrected chi connectivity index (χ4v) is 4.00. The van der Waals surface area contributed by atoms with Crippen molar-refractivity contribution in [3.05, 3.63) is 54.4 Å². The average molecular weight is 323 g/mol. The van der Waals surface area contributed by atoms with Gasteiger partial charge in [0.2, 0.25) is 5.91 Å². The number of carbonyl (C=O) groups excluding carboxylic acids is 2. The molecule has 1 aromatic heterocycles. The van der Waals surface area contributed by atoms with E-state index in [-0.39, 0.29) is 11.8 Å². The first-order valence-electron chi connectivity index (χ1n) is 8.49. The first-order chi connectivity index (χ1) is 11.7. The Balaban J connectivity index is 1.55. The van der Waals surface area contributed by atoms with Gasteiger partial charge in [0.25, 0.3) is 5.91 Å². The summed E-state index contributed by atoms with van der Waals surface area (Å²) in [4.78, 5) is 32.4. The van der Waals surface area contributed by atoms with E-state index in [1.807, 2.05) is 40.1 Å². The van der Waals surface area contributed by atoms with E-state index < -0.39 is 5.41 Å². The lowest BCUT2D eigenvalue weighted by Crippen LogP contribution is -2.49. The Morgan fingerprint density at radius 3 is 2.67 bits per heavy atom. The Morgan fingerprint density at radius 1 is 1.08 bits per heavy atom. The Hall–Kier alpha value is -2.56. The highest BCUT2D eigenvalue weighted by atomic mass is 16.2. The van der Waals surface area contributed by atoms with Crippen LogP contribution in [-0.4, -0.2) is 41.3 Å². The van der Waals surface area contributed by atoms with E-state index in [0.717, 1.165) is 38.0 Å². The van der Waals surface area contributed by atoms with Gasteiger partial charge in [-0.05, 0) is 37.5 Å². The third-order valence-electron chi connectivity index (χ3n) is 5.29. The Bertz CT molecular complexity index is 741. The lowest BCUT2D eigenvalue weighted by atomic mass is 9.78.